The second kappa shape index (κ2) is 7.70. The third-order valence-electron chi connectivity index (χ3n) is 4.33. The first kappa shape index (κ1) is 18.0. The molecule has 28 heavy (non-hydrogen) atoms. The summed E-state index contributed by atoms with van der Waals surface area (Å²) in [5.41, 5.74) is 2.00. The van der Waals surface area contributed by atoms with E-state index in [1.807, 2.05) is 30.3 Å². The number of halogens is 1. The molecule has 1 aliphatic heterocycles. The van der Waals surface area contributed by atoms with E-state index >= 15 is 0 Å². The van der Waals surface area contributed by atoms with E-state index < -0.39 is 18.1 Å². The second-order valence-corrected chi connectivity index (χ2v) is 6.35. The first-order valence-corrected chi connectivity index (χ1v) is 8.71. The molecular formula is C22H17FO5. The highest BCUT2D eigenvalue weighted by Crippen LogP contribution is 2.36. The lowest BCUT2D eigenvalue weighted by atomic mass is 10.1. The fourth-order valence-electron chi connectivity index (χ4n) is 3.02. The number of phenols is 1. The summed E-state index contributed by atoms with van der Waals surface area (Å²) in [7, 11) is 0. The zero-order valence-corrected chi connectivity index (χ0v) is 14.8. The van der Waals surface area contributed by atoms with E-state index in [1.54, 1.807) is 6.07 Å². The van der Waals surface area contributed by atoms with E-state index in [0.29, 0.717) is 16.9 Å². The van der Waals surface area contributed by atoms with Crippen molar-refractivity contribution >= 4 is 5.97 Å². The average Bonchev–Trinajstić information content (AvgIpc) is 2.72. The van der Waals surface area contributed by atoms with Gasteiger partial charge < -0.3 is 19.3 Å². The molecule has 1 heterocycles. The number of rotatable bonds is 4. The van der Waals surface area contributed by atoms with Gasteiger partial charge in [-0.3, -0.25) is 0 Å². The number of phenolic OH excluding ortho intramolecular Hbond substituents is 1. The molecule has 142 valence electrons. The van der Waals surface area contributed by atoms with Gasteiger partial charge >= 0.3 is 5.97 Å². The third kappa shape index (κ3) is 3.82. The summed E-state index contributed by atoms with van der Waals surface area (Å²) in [6.07, 6.45) is -0.625. The van der Waals surface area contributed by atoms with Crippen molar-refractivity contribution in [1.82, 2.24) is 0 Å². The normalized spacial score (nSPS) is 15.4. The summed E-state index contributed by atoms with van der Waals surface area (Å²) in [5.74, 6) is -0.679. The Morgan fingerprint density at radius 3 is 2.71 bits per heavy atom. The van der Waals surface area contributed by atoms with Crippen molar-refractivity contribution in [2.24, 2.45) is 0 Å². The Morgan fingerprint density at radius 2 is 1.93 bits per heavy atom. The smallest absolute Gasteiger partial charge is 0.338 e. The Bertz CT molecular complexity index is 1000. The summed E-state index contributed by atoms with van der Waals surface area (Å²) >= 11 is 0. The standard InChI is InChI=1S/C22H17FO5/c23-18-9-16(12-26-21(25)15-7-4-8-19(24)11-15)20-17(10-18)13-27-22(28-20)14-5-2-1-3-6-14/h1-11,22,24H,12-13H2/t22-/m1/s1. The molecule has 0 radical (unpaired) electrons. The molecule has 0 spiro atoms. The number of esters is 1. The van der Waals surface area contributed by atoms with Crippen LogP contribution in [0.4, 0.5) is 4.39 Å². The number of aromatic hydroxyl groups is 1. The minimum Gasteiger partial charge on any atom is -0.508 e. The van der Waals surface area contributed by atoms with Crippen LogP contribution in [0.1, 0.15) is 33.3 Å². The summed E-state index contributed by atoms with van der Waals surface area (Å²) in [6, 6.07) is 17.8. The van der Waals surface area contributed by atoms with E-state index in [0.717, 1.165) is 5.56 Å². The monoisotopic (exact) mass is 380 g/mol. The van der Waals surface area contributed by atoms with Crippen LogP contribution >= 0.6 is 0 Å². The minimum atomic E-state index is -0.625. The fraction of sp³-hybridized carbons (Fsp3) is 0.136. The largest absolute Gasteiger partial charge is 0.508 e. The molecule has 0 unspecified atom stereocenters. The van der Waals surface area contributed by atoms with Crippen molar-refractivity contribution in [1.29, 1.82) is 0 Å². The maximum absolute atomic E-state index is 14.0. The Kier molecular flexibility index (Phi) is 4.95. The summed E-state index contributed by atoms with van der Waals surface area (Å²) < 4.78 is 30.9. The highest BCUT2D eigenvalue weighted by atomic mass is 19.1. The zero-order chi connectivity index (χ0) is 19.5. The molecule has 5 nitrogen and oxygen atoms in total. The molecule has 1 N–H and O–H groups in total. The van der Waals surface area contributed by atoms with Crippen LogP contribution in [0.3, 0.4) is 0 Å². The first-order chi connectivity index (χ1) is 13.6. The van der Waals surface area contributed by atoms with Gasteiger partial charge in [-0.1, -0.05) is 36.4 Å². The highest BCUT2D eigenvalue weighted by Gasteiger charge is 2.25. The topological polar surface area (TPSA) is 65.0 Å². The zero-order valence-electron chi connectivity index (χ0n) is 14.8. The summed E-state index contributed by atoms with van der Waals surface area (Å²) in [4.78, 5) is 12.2. The average molecular weight is 380 g/mol. The third-order valence-corrected chi connectivity index (χ3v) is 4.33. The van der Waals surface area contributed by atoms with E-state index in [-0.39, 0.29) is 24.5 Å². The van der Waals surface area contributed by atoms with Crippen molar-refractivity contribution < 1.29 is 28.5 Å². The molecular weight excluding hydrogens is 363 g/mol. The van der Waals surface area contributed by atoms with Crippen LogP contribution in [0.2, 0.25) is 0 Å². The maximum Gasteiger partial charge on any atom is 0.338 e. The molecule has 6 heteroatoms. The maximum atomic E-state index is 14.0. The molecule has 0 saturated carbocycles. The van der Waals surface area contributed by atoms with Crippen molar-refractivity contribution in [3.63, 3.8) is 0 Å². The molecule has 4 rings (SSSR count). The number of carbonyl (C=O) groups excluding carboxylic acids is 1. The number of carbonyl (C=O) groups is 1. The Hall–Kier alpha value is -3.38. The SMILES string of the molecule is O=C(OCc1cc(F)cc2c1O[C@H](c1ccccc1)OC2)c1cccc(O)c1. The molecule has 0 saturated heterocycles. The molecule has 3 aromatic carbocycles. The second-order valence-electron chi connectivity index (χ2n) is 6.35. The lowest BCUT2D eigenvalue weighted by Crippen LogP contribution is -2.20. The molecule has 0 aromatic heterocycles. The van der Waals surface area contributed by atoms with Crippen LogP contribution in [-0.2, 0) is 22.7 Å². The number of benzene rings is 3. The number of hydrogen-bond donors (Lipinski definition) is 1. The lowest BCUT2D eigenvalue weighted by molar-refractivity contribution is -0.112. The van der Waals surface area contributed by atoms with Crippen molar-refractivity contribution in [2.75, 3.05) is 0 Å². The van der Waals surface area contributed by atoms with Crippen molar-refractivity contribution in [2.45, 2.75) is 19.5 Å². The van der Waals surface area contributed by atoms with Gasteiger partial charge in [0.25, 0.3) is 0 Å². The van der Waals surface area contributed by atoms with Gasteiger partial charge in [0.1, 0.15) is 23.9 Å². The first-order valence-electron chi connectivity index (χ1n) is 8.71. The van der Waals surface area contributed by atoms with E-state index in [1.165, 1.54) is 30.3 Å². The molecule has 0 fully saturated rings. The lowest BCUT2D eigenvalue weighted by Gasteiger charge is -2.28. The molecule has 0 bridgehead atoms. The van der Waals surface area contributed by atoms with E-state index in [2.05, 4.69) is 0 Å². The van der Waals surface area contributed by atoms with Crippen molar-refractivity contribution in [3.8, 4) is 11.5 Å². The van der Waals surface area contributed by atoms with E-state index in [9.17, 15) is 14.3 Å². The quantitative estimate of drug-likeness (QED) is 0.676. The Labute approximate surface area is 160 Å². The van der Waals surface area contributed by atoms with Gasteiger partial charge in [-0.15, -0.1) is 0 Å². The molecule has 0 aliphatic carbocycles. The van der Waals surface area contributed by atoms with Crippen LogP contribution in [0, 0.1) is 5.82 Å². The van der Waals surface area contributed by atoms with E-state index in [4.69, 9.17) is 14.2 Å². The van der Waals surface area contributed by atoms with Gasteiger partial charge in [-0.2, -0.15) is 0 Å². The van der Waals surface area contributed by atoms with Crippen LogP contribution in [0.15, 0.2) is 66.7 Å². The number of fused-ring (bicyclic) bond motifs is 1. The van der Waals surface area contributed by atoms with Gasteiger partial charge in [0.2, 0.25) is 6.29 Å². The predicted octanol–water partition coefficient (Wildman–Crippen LogP) is 4.50. The highest BCUT2D eigenvalue weighted by molar-refractivity contribution is 5.89. The van der Waals surface area contributed by atoms with Gasteiger partial charge in [0, 0.05) is 16.7 Å². The summed E-state index contributed by atoms with van der Waals surface area (Å²) in [5, 5.41) is 9.49. The minimum absolute atomic E-state index is 0.0382. The van der Waals surface area contributed by atoms with Gasteiger partial charge in [-0.05, 0) is 30.3 Å². The molecule has 1 aliphatic rings. The fourth-order valence-corrected chi connectivity index (χ4v) is 3.02. The Balaban J connectivity index is 1.55. The molecule has 3 aromatic rings. The Morgan fingerprint density at radius 1 is 1.11 bits per heavy atom. The van der Waals surface area contributed by atoms with Gasteiger partial charge in [0.15, 0.2) is 0 Å². The van der Waals surface area contributed by atoms with Gasteiger partial charge in [-0.25, -0.2) is 9.18 Å². The van der Waals surface area contributed by atoms with Crippen LogP contribution in [0.5, 0.6) is 11.5 Å². The van der Waals surface area contributed by atoms with Crippen LogP contribution in [-0.4, -0.2) is 11.1 Å². The van der Waals surface area contributed by atoms with Crippen LogP contribution in [0.25, 0.3) is 0 Å². The summed E-state index contributed by atoms with van der Waals surface area (Å²) in [6.45, 7) is 0.0102. The number of hydrogen-bond acceptors (Lipinski definition) is 5. The molecule has 1 atom stereocenters. The van der Waals surface area contributed by atoms with Crippen LogP contribution < -0.4 is 4.74 Å². The predicted molar refractivity (Wildman–Crippen MR) is 98.2 cm³/mol. The van der Waals surface area contributed by atoms with Gasteiger partial charge in [0.05, 0.1) is 12.2 Å². The molecule has 0 amide bonds. The number of ether oxygens (including phenoxy) is 3. The van der Waals surface area contributed by atoms with Crippen molar-refractivity contribution in [3.05, 3.63) is 94.8 Å².